The van der Waals surface area contributed by atoms with Gasteiger partial charge in [0.05, 0.1) is 12.7 Å². The van der Waals surface area contributed by atoms with Crippen LogP contribution in [-0.4, -0.2) is 63.0 Å². The van der Waals surface area contributed by atoms with E-state index in [1.54, 1.807) is 0 Å². The zero-order valence-electron chi connectivity index (χ0n) is 13.7. The molecule has 0 bridgehead atoms. The van der Waals surface area contributed by atoms with E-state index >= 15 is 0 Å². The van der Waals surface area contributed by atoms with Gasteiger partial charge in [-0.25, -0.2) is 0 Å². The molecular formula is C17H29N3O2. The molecule has 0 amide bonds. The molecule has 4 fully saturated rings. The molecule has 22 heavy (non-hydrogen) atoms. The van der Waals surface area contributed by atoms with Gasteiger partial charge in [-0.2, -0.15) is 0 Å². The Hall–Kier alpha value is -0.810. The minimum absolute atomic E-state index is 0.202. The van der Waals surface area contributed by atoms with Crippen LogP contribution in [0.25, 0.3) is 0 Å². The molecule has 1 N–H and O–H groups in total. The van der Waals surface area contributed by atoms with Crippen LogP contribution in [0.15, 0.2) is 4.99 Å². The molecule has 4 rings (SSSR count). The van der Waals surface area contributed by atoms with Crippen molar-refractivity contribution in [2.45, 2.75) is 50.7 Å². The van der Waals surface area contributed by atoms with Crippen molar-refractivity contribution in [2.24, 2.45) is 16.3 Å². The van der Waals surface area contributed by atoms with Crippen LogP contribution >= 0.6 is 0 Å². The summed E-state index contributed by atoms with van der Waals surface area (Å²) in [4.78, 5) is 6.88. The molecule has 0 aromatic heterocycles. The van der Waals surface area contributed by atoms with Crippen molar-refractivity contribution in [1.82, 2.24) is 10.2 Å². The zero-order valence-corrected chi connectivity index (χ0v) is 13.7. The van der Waals surface area contributed by atoms with Gasteiger partial charge in [-0.05, 0) is 49.9 Å². The molecular weight excluding hydrogens is 278 g/mol. The number of nitrogens with zero attached hydrogens (tertiary/aromatic N) is 2. The molecule has 0 spiro atoms. The van der Waals surface area contributed by atoms with Crippen LogP contribution in [0.1, 0.15) is 38.5 Å². The van der Waals surface area contributed by atoms with E-state index in [0.717, 1.165) is 51.1 Å². The molecule has 2 aliphatic carbocycles. The molecule has 2 saturated carbocycles. The molecule has 5 heteroatoms. The second-order valence-corrected chi connectivity index (χ2v) is 7.44. The molecule has 2 aliphatic heterocycles. The van der Waals surface area contributed by atoms with Gasteiger partial charge in [0.15, 0.2) is 5.96 Å². The molecule has 2 saturated heterocycles. The van der Waals surface area contributed by atoms with E-state index in [-0.39, 0.29) is 12.2 Å². The van der Waals surface area contributed by atoms with Crippen LogP contribution in [-0.2, 0) is 9.47 Å². The number of hydrogen-bond donors (Lipinski definition) is 1. The third-order valence-electron chi connectivity index (χ3n) is 5.92. The maximum absolute atomic E-state index is 5.94. The Labute approximate surface area is 133 Å². The van der Waals surface area contributed by atoms with Gasteiger partial charge in [0.1, 0.15) is 6.10 Å². The highest BCUT2D eigenvalue weighted by molar-refractivity contribution is 5.80. The van der Waals surface area contributed by atoms with Crippen molar-refractivity contribution in [3.05, 3.63) is 0 Å². The van der Waals surface area contributed by atoms with E-state index in [9.17, 15) is 0 Å². The van der Waals surface area contributed by atoms with Gasteiger partial charge in [0.25, 0.3) is 0 Å². The van der Waals surface area contributed by atoms with E-state index in [2.05, 4.69) is 15.2 Å². The number of aliphatic imine (C=N–C) groups is 1. The van der Waals surface area contributed by atoms with Crippen LogP contribution in [0, 0.1) is 11.3 Å². The minimum Gasteiger partial charge on any atom is -0.375 e. The Kier molecular flexibility index (Phi) is 4.03. The molecule has 0 aromatic carbocycles. The fourth-order valence-corrected chi connectivity index (χ4v) is 4.16. The highest BCUT2D eigenvalue weighted by Gasteiger charge is 2.53. The summed E-state index contributed by atoms with van der Waals surface area (Å²) in [7, 11) is 1.90. The van der Waals surface area contributed by atoms with Crippen LogP contribution in [0.3, 0.4) is 0 Å². The number of ether oxygens (including phenoxy) is 2. The van der Waals surface area contributed by atoms with Crippen LogP contribution < -0.4 is 5.32 Å². The quantitative estimate of drug-likeness (QED) is 0.633. The van der Waals surface area contributed by atoms with E-state index in [0.29, 0.717) is 5.41 Å². The lowest BCUT2D eigenvalue weighted by Gasteiger charge is -2.37. The predicted molar refractivity (Wildman–Crippen MR) is 86.0 cm³/mol. The molecule has 2 unspecified atom stereocenters. The summed E-state index contributed by atoms with van der Waals surface area (Å²) in [5.74, 6) is 2.04. The highest BCUT2D eigenvalue weighted by Crippen LogP contribution is 2.60. The van der Waals surface area contributed by atoms with E-state index in [1.165, 1.54) is 32.1 Å². The van der Waals surface area contributed by atoms with Gasteiger partial charge in [-0.1, -0.05) is 0 Å². The molecule has 5 nitrogen and oxygen atoms in total. The summed E-state index contributed by atoms with van der Waals surface area (Å²) in [6, 6.07) is 0. The van der Waals surface area contributed by atoms with Crippen molar-refractivity contribution < 1.29 is 9.47 Å². The number of nitrogens with one attached hydrogen (secondary N) is 1. The fraction of sp³-hybridized carbons (Fsp3) is 0.941. The van der Waals surface area contributed by atoms with E-state index in [4.69, 9.17) is 9.47 Å². The van der Waals surface area contributed by atoms with Gasteiger partial charge < -0.3 is 19.7 Å². The van der Waals surface area contributed by atoms with Crippen LogP contribution in [0.5, 0.6) is 0 Å². The number of guanidine groups is 1. The Morgan fingerprint density at radius 2 is 2.00 bits per heavy atom. The monoisotopic (exact) mass is 307 g/mol. The van der Waals surface area contributed by atoms with Gasteiger partial charge in [-0.3, -0.25) is 4.99 Å². The Morgan fingerprint density at radius 1 is 1.18 bits per heavy atom. The third-order valence-corrected chi connectivity index (χ3v) is 5.92. The molecule has 4 aliphatic rings. The SMILES string of the molecule is CN=C(NCC1(C2CC2)CC1)N1CCOC(C2CCCO2)C1. The van der Waals surface area contributed by atoms with Crippen LogP contribution in [0.2, 0.25) is 0 Å². The van der Waals surface area contributed by atoms with Gasteiger partial charge >= 0.3 is 0 Å². The highest BCUT2D eigenvalue weighted by atomic mass is 16.5. The van der Waals surface area contributed by atoms with E-state index in [1.807, 2.05) is 7.05 Å². The van der Waals surface area contributed by atoms with Gasteiger partial charge in [0, 0.05) is 33.3 Å². The third kappa shape index (κ3) is 2.98. The summed E-state index contributed by atoms with van der Waals surface area (Å²) in [5.41, 5.74) is 0.607. The molecule has 0 aromatic rings. The zero-order chi connectivity index (χ0) is 15.0. The van der Waals surface area contributed by atoms with E-state index < -0.39 is 0 Å². The first-order valence-corrected chi connectivity index (χ1v) is 8.99. The maximum atomic E-state index is 5.94. The van der Waals surface area contributed by atoms with Gasteiger partial charge in [-0.15, -0.1) is 0 Å². The normalized spacial score (nSPS) is 34.8. The average molecular weight is 307 g/mol. The summed E-state index contributed by atoms with van der Waals surface area (Å²) in [6.45, 7) is 4.60. The molecule has 2 atom stereocenters. The molecule has 2 heterocycles. The smallest absolute Gasteiger partial charge is 0.193 e. The average Bonchev–Trinajstić information content (AvgIpc) is 3.47. The fourth-order valence-electron chi connectivity index (χ4n) is 4.16. The summed E-state index contributed by atoms with van der Waals surface area (Å²) in [5, 5.41) is 3.65. The Bertz CT molecular complexity index is 426. The molecule has 0 radical (unpaired) electrons. The standard InChI is InChI=1S/C17H29N3O2/c1-18-16(19-12-17(6-7-17)13-4-5-13)20-8-10-22-15(11-20)14-3-2-9-21-14/h13-15H,2-12H2,1H3,(H,18,19). The van der Waals surface area contributed by atoms with Crippen molar-refractivity contribution in [3.63, 3.8) is 0 Å². The number of morpholine rings is 1. The van der Waals surface area contributed by atoms with Crippen molar-refractivity contribution in [2.75, 3.05) is 39.9 Å². The lowest BCUT2D eigenvalue weighted by molar-refractivity contribution is -0.0817. The number of rotatable bonds is 4. The molecule has 124 valence electrons. The predicted octanol–water partition coefficient (Wildman–Crippen LogP) is 1.63. The first kappa shape index (κ1) is 14.8. The summed E-state index contributed by atoms with van der Waals surface area (Å²) in [6.07, 6.45) is 8.48. The second kappa shape index (κ2) is 6.00. The topological polar surface area (TPSA) is 46.1 Å². The minimum atomic E-state index is 0.202. The maximum Gasteiger partial charge on any atom is 0.193 e. The first-order chi connectivity index (χ1) is 10.8. The number of hydrogen-bond acceptors (Lipinski definition) is 3. The van der Waals surface area contributed by atoms with Gasteiger partial charge in [0.2, 0.25) is 0 Å². The lowest BCUT2D eigenvalue weighted by Crippen LogP contribution is -2.54. The Morgan fingerprint density at radius 3 is 2.64 bits per heavy atom. The largest absolute Gasteiger partial charge is 0.375 e. The second-order valence-electron chi connectivity index (χ2n) is 7.44. The van der Waals surface area contributed by atoms with Crippen molar-refractivity contribution in [3.8, 4) is 0 Å². The lowest BCUT2D eigenvalue weighted by atomic mass is 10.0. The van der Waals surface area contributed by atoms with Crippen LogP contribution in [0.4, 0.5) is 0 Å². The van der Waals surface area contributed by atoms with Crippen molar-refractivity contribution >= 4 is 5.96 Å². The van der Waals surface area contributed by atoms with Crippen molar-refractivity contribution in [1.29, 1.82) is 0 Å². The summed E-state index contributed by atoms with van der Waals surface area (Å²) < 4.78 is 11.7. The Balaban J connectivity index is 1.32. The summed E-state index contributed by atoms with van der Waals surface area (Å²) >= 11 is 0. The first-order valence-electron chi connectivity index (χ1n) is 8.99.